The van der Waals surface area contributed by atoms with Crippen LogP contribution < -0.4 is 5.32 Å². The number of anilines is 1. The Morgan fingerprint density at radius 3 is 2.67 bits per heavy atom. The van der Waals surface area contributed by atoms with Crippen LogP contribution in [-0.2, 0) is 14.3 Å². The van der Waals surface area contributed by atoms with Crippen LogP contribution in [0.5, 0.6) is 0 Å². The molecule has 1 fully saturated rings. The Bertz CT molecular complexity index is 513. The summed E-state index contributed by atoms with van der Waals surface area (Å²) in [5.74, 6) is -2.87. The van der Waals surface area contributed by atoms with E-state index in [2.05, 4.69) is 10.3 Å². The monoisotopic (exact) mass is 266 g/mol. The van der Waals surface area contributed by atoms with Crippen LogP contribution in [-0.4, -0.2) is 34.2 Å². The second-order valence-electron chi connectivity index (χ2n) is 4.17. The third kappa shape index (κ3) is 1.72. The third-order valence-corrected chi connectivity index (χ3v) is 3.84. The first kappa shape index (κ1) is 11.4. The van der Waals surface area contributed by atoms with Gasteiger partial charge in [0.15, 0.2) is 5.13 Å². The summed E-state index contributed by atoms with van der Waals surface area (Å²) in [4.78, 5) is 27.2. The molecule has 7 heteroatoms. The predicted molar refractivity (Wildman–Crippen MR) is 63.2 cm³/mol. The van der Waals surface area contributed by atoms with Crippen molar-refractivity contribution in [2.75, 3.05) is 5.32 Å². The number of fused-ring (bicyclic) bond motifs is 2. The van der Waals surface area contributed by atoms with Crippen molar-refractivity contribution >= 4 is 28.3 Å². The molecule has 4 atom stereocenters. The number of carboxylic acids is 1. The Hall–Kier alpha value is -1.73. The smallest absolute Gasteiger partial charge is 0.310 e. The number of rotatable bonds is 3. The number of hydrogen-bond acceptors (Lipinski definition) is 5. The van der Waals surface area contributed by atoms with E-state index in [1.807, 2.05) is 0 Å². The number of carbonyl (C=O) groups is 2. The minimum atomic E-state index is -1.01. The summed E-state index contributed by atoms with van der Waals surface area (Å²) in [6.45, 7) is 0. The average molecular weight is 266 g/mol. The van der Waals surface area contributed by atoms with Crippen LogP contribution in [0, 0.1) is 11.8 Å². The van der Waals surface area contributed by atoms with Crippen molar-refractivity contribution < 1.29 is 19.4 Å². The molecule has 2 aliphatic heterocycles. The van der Waals surface area contributed by atoms with Gasteiger partial charge in [0.1, 0.15) is 5.92 Å². The highest BCUT2D eigenvalue weighted by atomic mass is 32.1. The molecular weight excluding hydrogens is 256 g/mol. The molecule has 2 bridgehead atoms. The number of aliphatic carboxylic acids is 1. The van der Waals surface area contributed by atoms with E-state index in [1.54, 1.807) is 23.7 Å². The van der Waals surface area contributed by atoms with E-state index < -0.39 is 30.0 Å². The Morgan fingerprint density at radius 1 is 1.33 bits per heavy atom. The zero-order chi connectivity index (χ0) is 12.7. The highest BCUT2D eigenvalue weighted by molar-refractivity contribution is 7.13. The lowest BCUT2D eigenvalue weighted by Gasteiger charge is -2.20. The molecule has 2 aliphatic rings. The van der Waals surface area contributed by atoms with E-state index in [1.165, 1.54) is 11.3 Å². The molecule has 3 rings (SSSR count). The molecule has 0 unspecified atom stereocenters. The molecule has 0 aliphatic carbocycles. The molecule has 1 aromatic rings. The summed E-state index contributed by atoms with van der Waals surface area (Å²) < 4.78 is 5.43. The summed E-state index contributed by atoms with van der Waals surface area (Å²) in [6.07, 6.45) is 4.08. The SMILES string of the molecule is O=C(O)[C@@H]1[C@H](C(=O)Nc2nccs2)[C@H]2C=C[C@@H]1O2. The van der Waals surface area contributed by atoms with Gasteiger partial charge in [-0.1, -0.05) is 12.2 Å². The Labute approximate surface area is 106 Å². The molecule has 0 aromatic carbocycles. The number of nitrogens with one attached hydrogen (secondary N) is 1. The van der Waals surface area contributed by atoms with E-state index >= 15 is 0 Å². The van der Waals surface area contributed by atoms with Gasteiger partial charge in [0.05, 0.1) is 18.1 Å². The maximum absolute atomic E-state index is 12.1. The number of aromatic nitrogens is 1. The number of nitrogens with zero attached hydrogens (tertiary/aromatic N) is 1. The quantitative estimate of drug-likeness (QED) is 0.788. The number of thiazole rings is 1. The number of ether oxygens (including phenoxy) is 1. The Balaban J connectivity index is 1.80. The first-order chi connectivity index (χ1) is 8.66. The Kier molecular flexibility index (Phi) is 2.64. The van der Waals surface area contributed by atoms with Crippen molar-refractivity contribution in [3.05, 3.63) is 23.7 Å². The van der Waals surface area contributed by atoms with Crippen molar-refractivity contribution in [1.29, 1.82) is 0 Å². The molecule has 2 N–H and O–H groups in total. The fraction of sp³-hybridized carbons (Fsp3) is 0.364. The maximum Gasteiger partial charge on any atom is 0.310 e. The van der Waals surface area contributed by atoms with E-state index in [-0.39, 0.29) is 5.91 Å². The molecule has 18 heavy (non-hydrogen) atoms. The minimum absolute atomic E-state index is 0.353. The van der Waals surface area contributed by atoms with Gasteiger partial charge < -0.3 is 15.2 Å². The lowest BCUT2D eigenvalue weighted by Crippen LogP contribution is -2.39. The Morgan fingerprint density at radius 2 is 2.06 bits per heavy atom. The van der Waals surface area contributed by atoms with Gasteiger partial charge >= 0.3 is 5.97 Å². The summed E-state index contributed by atoms with van der Waals surface area (Å²) >= 11 is 1.29. The van der Waals surface area contributed by atoms with Crippen molar-refractivity contribution in [2.24, 2.45) is 11.8 Å². The molecule has 0 radical (unpaired) electrons. The topological polar surface area (TPSA) is 88.5 Å². The van der Waals surface area contributed by atoms with Crippen LogP contribution in [0.4, 0.5) is 5.13 Å². The summed E-state index contributed by atoms with van der Waals surface area (Å²) in [7, 11) is 0. The van der Waals surface area contributed by atoms with Crippen LogP contribution in [0.3, 0.4) is 0 Å². The fourth-order valence-electron chi connectivity index (χ4n) is 2.39. The highest BCUT2D eigenvalue weighted by Gasteiger charge is 2.53. The molecule has 94 valence electrons. The van der Waals surface area contributed by atoms with Gasteiger partial charge in [0.2, 0.25) is 5.91 Å². The van der Waals surface area contributed by atoms with Crippen LogP contribution >= 0.6 is 11.3 Å². The van der Waals surface area contributed by atoms with Crippen LogP contribution in [0.25, 0.3) is 0 Å². The molecule has 0 saturated carbocycles. The summed E-state index contributed by atoms with van der Waals surface area (Å²) in [5.41, 5.74) is 0. The number of carboxylic acid groups (broad SMARTS) is 1. The molecule has 3 heterocycles. The standard InChI is InChI=1S/C11H10N2O4S/c14-9(13-11-12-3-4-18-11)7-5-1-2-6(17-5)8(7)10(15)16/h1-8H,(H,15,16)(H,12,13,14)/t5-,6+,7-,8+/m1/s1. The van der Waals surface area contributed by atoms with Gasteiger partial charge in [0.25, 0.3) is 0 Å². The molecular formula is C11H10N2O4S. The molecule has 6 nitrogen and oxygen atoms in total. The fourth-order valence-corrected chi connectivity index (χ4v) is 2.92. The average Bonchev–Trinajstić information content (AvgIpc) is 3.03. The third-order valence-electron chi connectivity index (χ3n) is 3.15. The zero-order valence-corrected chi connectivity index (χ0v) is 9.96. The van der Waals surface area contributed by atoms with Crippen molar-refractivity contribution in [3.63, 3.8) is 0 Å². The van der Waals surface area contributed by atoms with E-state index in [0.717, 1.165) is 0 Å². The second kappa shape index (κ2) is 4.18. The predicted octanol–water partition coefficient (Wildman–Crippen LogP) is 0.736. The molecule has 1 saturated heterocycles. The van der Waals surface area contributed by atoms with Crippen molar-refractivity contribution in [3.8, 4) is 0 Å². The normalized spacial score (nSPS) is 32.7. The first-order valence-corrected chi connectivity index (χ1v) is 6.32. The molecule has 1 aromatic heterocycles. The number of amides is 1. The van der Waals surface area contributed by atoms with Gasteiger partial charge in [0, 0.05) is 11.6 Å². The van der Waals surface area contributed by atoms with Crippen LogP contribution in [0.2, 0.25) is 0 Å². The maximum atomic E-state index is 12.1. The van der Waals surface area contributed by atoms with E-state index in [0.29, 0.717) is 5.13 Å². The van der Waals surface area contributed by atoms with E-state index in [4.69, 9.17) is 4.74 Å². The summed E-state index contributed by atoms with van der Waals surface area (Å²) in [5, 5.41) is 14.0. The van der Waals surface area contributed by atoms with Gasteiger partial charge in [-0.3, -0.25) is 9.59 Å². The van der Waals surface area contributed by atoms with Gasteiger partial charge in [-0.15, -0.1) is 11.3 Å². The van der Waals surface area contributed by atoms with Crippen molar-refractivity contribution in [2.45, 2.75) is 12.2 Å². The zero-order valence-electron chi connectivity index (χ0n) is 9.15. The first-order valence-electron chi connectivity index (χ1n) is 5.44. The van der Waals surface area contributed by atoms with Gasteiger partial charge in [-0.2, -0.15) is 0 Å². The number of hydrogen-bond donors (Lipinski definition) is 2. The highest BCUT2D eigenvalue weighted by Crippen LogP contribution is 2.39. The van der Waals surface area contributed by atoms with Crippen LogP contribution in [0.15, 0.2) is 23.7 Å². The van der Waals surface area contributed by atoms with Crippen molar-refractivity contribution in [1.82, 2.24) is 4.98 Å². The van der Waals surface area contributed by atoms with Crippen LogP contribution in [0.1, 0.15) is 0 Å². The summed E-state index contributed by atoms with van der Waals surface area (Å²) in [6, 6.07) is 0. The minimum Gasteiger partial charge on any atom is -0.481 e. The lowest BCUT2D eigenvalue weighted by molar-refractivity contribution is -0.145. The van der Waals surface area contributed by atoms with Gasteiger partial charge in [-0.25, -0.2) is 4.98 Å². The number of carbonyl (C=O) groups excluding carboxylic acids is 1. The van der Waals surface area contributed by atoms with Gasteiger partial charge in [-0.05, 0) is 0 Å². The molecule has 0 spiro atoms. The lowest BCUT2D eigenvalue weighted by atomic mass is 9.82. The largest absolute Gasteiger partial charge is 0.481 e. The molecule has 1 amide bonds. The van der Waals surface area contributed by atoms with E-state index in [9.17, 15) is 14.7 Å². The second-order valence-corrected chi connectivity index (χ2v) is 5.06.